The number of fused-ring (bicyclic) bond motifs is 1. The van der Waals surface area contributed by atoms with Gasteiger partial charge in [0.05, 0.1) is 6.61 Å². The first-order chi connectivity index (χ1) is 10.3. The van der Waals surface area contributed by atoms with Gasteiger partial charge in [0.1, 0.15) is 5.69 Å². The number of carbonyl (C=O) groups is 1. The van der Waals surface area contributed by atoms with Gasteiger partial charge >= 0.3 is 0 Å². The Hall–Kier alpha value is -1.60. The number of methoxy groups -OCH3 is 2. The maximum atomic E-state index is 12.6. The highest BCUT2D eigenvalue weighted by Crippen LogP contribution is 2.15. The predicted molar refractivity (Wildman–Crippen MR) is 79.6 cm³/mol. The van der Waals surface area contributed by atoms with Crippen molar-refractivity contribution in [1.29, 1.82) is 0 Å². The minimum Gasteiger partial charge on any atom is -0.385 e. The van der Waals surface area contributed by atoms with Gasteiger partial charge < -0.3 is 24.3 Å². The summed E-state index contributed by atoms with van der Waals surface area (Å²) < 4.78 is 12.1. The molecule has 0 atom stereocenters. The molecule has 0 saturated carbocycles. The van der Waals surface area contributed by atoms with Gasteiger partial charge in [0.25, 0.3) is 5.91 Å². The van der Waals surface area contributed by atoms with Crippen LogP contribution in [0, 0.1) is 0 Å². The van der Waals surface area contributed by atoms with Crippen molar-refractivity contribution in [2.45, 2.75) is 19.4 Å². The van der Waals surface area contributed by atoms with Crippen LogP contribution in [0.4, 0.5) is 5.95 Å². The fraction of sp³-hybridized carbons (Fsp3) is 0.714. The van der Waals surface area contributed by atoms with Crippen molar-refractivity contribution in [3.8, 4) is 0 Å². The molecule has 1 N–H and O–H groups in total. The van der Waals surface area contributed by atoms with Gasteiger partial charge in [-0.3, -0.25) is 4.79 Å². The number of ether oxygens (including phenoxy) is 2. The molecule has 118 valence electrons. The van der Waals surface area contributed by atoms with Gasteiger partial charge in [-0.1, -0.05) is 0 Å². The lowest BCUT2D eigenvalue weighted by molar-refractivity contribution is 0.0669. The molecule has 2 rings (SSSR count). The lowest BCUT2D eigenvalue weighted by atomic mass is 10.3. The highest BCUT2D eigenvalue weighted by atomic mass is 16.5. The second-order valence-electron chi connectivity index (χ2n) is 5.05. The average molecular weight is 296 g/mol. The van der Waals surface area contributed by atoms with Gasteiger partial charge in [-0.05, 0) is 12.8 Å². The van der Waals surface area contributed by atoms with E-state index in [9.17, 15) is 4.79 Å². The molecule has 1 aliphatic rings. The number of carbonyl (C=O) groups excluding carboxylic acids is 1. The number of nitrogens with one attached hydrogen (secondary N) is 1. The lowest BCUT2D eigenvalue weighted by Crippen LogP contribution is -2.35. The van der Waals surface area contributed by atoms with Crippen LogP contribution < -0.4 is 5.32 Å². The fourth-order valence-corrected chi connectivity index (χ4v) is 2.36. The molecule has 0 aromatic carbocycles. The second kappa shape index (κ2) is 7.99. The zero-order chi connectivity index (χ0) is 15.1. The molecule has 2 heterocycles. The number of nitrogens with zero attached hydrogens (tertiary/aromatic N) is 3. The third kappa shape index (κ3) is 4.18. The van der Waals surface area contributed by atoms with E-state index in [-0.39, 0.29) is 5.91 Å². The highest BCUT2D eigenvalue weighted by Gasteiger charge is 2.21. The topological polar surface area (TPSA) is 68.6 Å². The zero-order valence-electron chi connectivity index (χ0n) is 12.8. The second-order valence-corrected chi connectivity index (χ2v) is 5.05. The van der Waals surface area contributed by atoms with Crippen molar-refractivity contribution in [3.05, 3.63) is 11.9 Å². The summed E-state index contributed by atoms with van der Waals surface area (Å²) in [6.07, 6.45) is 3.69. The standard InChI is InChI=1S/C14H24N4O3/c1-20-9-4-7-17(8-10-21-2)13(19)12-11-18-6-3-5-15-14(18)16-12/h11H,3-10H2,1-2H3,(H,15,16). The quantitative estimate of drug-likeness (QED) is 0.719. The molecule has 0 radical (unpaired) electrons. The number of imidazole rings is 1. The van der Waals surface area contributed by atoms with Gasteiger partial charge in [-0.2, -0.15) is 0 Å². The molecule has 1 amide bonds. The average Bonchev–Trinajstić information content (AvgIpc) is 2.94. The van der Waals surface area contributed by atoms with Crippen LogP contribution >= 0.6 is 0 Å². The van der Waals surface area contributed by atoms with Crippen LogP contribution in [0.15, 0.2) is 6.20 Å². The Labute approximate surface area is 125 Å². The number of aromatic nitrogens is 2. The molecule has 1 aromatic heterocycles. The highest BCUT2D eigenvalue weighted by molar-refractivity contribution is 5.92. The largest absolute Gasteiger partial charge is 0.385 e. The molecule has 21 heavy (non-hydrogen) atoms. The minimum atomic E-state index is -0.0492. The van der Waals surface area contributed by atoms with E-state index in [1.54, 1.807) is 19.1 Å². The van der Waals surface area contributed by atoms with Crippen LogP contribution in [0.1, 0.15) is 23.3 Å². The summed E-state index contributed by atoms with van der Waals surface area (Å²) in [7, 11) is 3.30. The number of hydrogen-bond acceptors (Lipinski definition) is 5. The number of hydrogen-bond donors (Lipinski definition) is 1. The summed E-state index contributed by atoms with van der Waals surface area (Å²) in [5, 5.41) is 3.21. The first kappa shape index (κ1) is 15.8. The first-order valence-corrected chi connectivity index (χ1v) is 7.34. The third-order valence-electron chi connectivity index (χ3n) is 3.48. The van der Waals surface area contributed by atoms with Gasteiger partial charge in [-0.15, -0.1) is 0 Å². The summed E-state index contributed by atoms with van der Waals surface area (Å²) in [6, 6.07) is 0. The van der Waals surface area contributed by atoms with Crippen LogP contribution in [-0.4, -0.2) is 67.4 Å². The first-order valence-electron chi connectivity index (χ1n) is 7.34. The molecule has 0 spiro atoms. The number of amides is 1. The van der Waals surface area contributed by atoms with Crippen LogP contribution in [0.25, 0.3) is 0 Å². The van der Waals surface area contributed by atoms with Crippen LogP contribution in [0.5, 0.6) is 0 Å². The smallest absolute Gasteiger partial charge is 0.274 e. The van der Waals surface area contributed by atoms with E-state index >= 15 is 0 Å². The summed E-state index contributed by atoms with van der Waals surface area (Å²) in [6.45, 7) is 4.18. The minimum absolute atomic E-state index is 0.0492. The molecule has 0 unspecified atom stereocenters. The van der Waals surface area contributed by atoms with E-state index in [1.165, 1.54) is 0 Å². The summed E-state index contributed by atoms with van der Waals surface area (Å²) >= 11 is 0. The van der Waals surface area contributed by atoms with Crippen molar-refractivity contribution in [2.75, 3.05) is 52.4 Å². The Kier molecular flexibility index (Phi) is 6.01. The van der Waals surface area contributed by atoms with Crippen LogP contribution in [-0.2, 0) is 16.0 Å². The fourth-order valence-electron chi connectivity index (χ4n) is 2.36. The molecule has 0 fully saturated rings. The number of rotatable bonds is 8. The van der Waals surface area contributed by atoms with E-state index in [4.69, 9.17) is 9.47 Å². The molecule has 1 aromatic rings. The predicted octanol–water partition coefficient (Wildman–Crippen LogP) is 0.824. The normalized spacial score (nSPS) is 13.6. The Bertz CT molecular complexity index is 438. The van der Waals surface area contributed by atoms with Gasteiger partial charge in [0, 0.05) is 53.2 Å². The number of anilines is 1. The van der Waals surface area contributed by atoms with Crippen molar-refractivity contribution >= 4 is 11.9 Å². The van der Waals surface area contributed by atoms with Crippen molar-refractivity contribution in [3.63, 3.8) is 0 Å². The molecule has 0 saturated heterocycles. The molecule has 1 aliphatic heterocycles. The zero-order valence-corrected chi connectivity index (χ0v) is 12.8. The van der Waals surface area contributed by atoms with Crippen LogP contribution in [0.3, 0.4) is 0 Å². The third-order valence-corrected chi connectivity index (χ3v) is 3.48. The van der Waals surface area contributed by atoms with Gasteiger partial charge in [-0.25, -0.2) is 4.98 Å². The monoisotopic (exact) mass is 296 g/mol. The number of aryl methyl sites for hydroxylation is 1. The van der Waals surface area contributed by atoms with Gasteiger partial charge in [0.2, 0.25) is 5.95 Å². The molecular formula is C14H24N4O3. The van der Waals surface area contributed by atoms with Gasteiger partial charge in [0.15, 0.2) is 0 Å². The maximum absolute atomic E-state index is 12.6. The molecular weight excluding hydrogens is 272 g/mol. The van der Waals surface area contributed by atoms with E-state index in [0.29, 0.717) is 32.0 Å². The van der Waals surface area contributed by atoms with Crippen molar-refractivity contribution < 1.29 is 14.3 Å². The lowest BCUT2D eigenvalue weighted by Gasteiger charge is -2.21. The molecule has 7 heteroatoms. The van der Waals surface area contributed by atoms with E-state index in [2.05, 4.69) is 10.3 Å². The Balaban J connectivity index is 2.03. The summed E-state index contributed by atoms with van der Waals surface area (Å²) in [4.78, 5) is 18.8. The SMILES string of the molecule is COCCCN(CCOC)C(=O)c1cn2c(n1)NCCC2. The van der Waals surface area contributed by atoms with E-state index in [0.717, 1.165) is 31.9 Å². The molecule has 0 aliphatic carbocycles. The summed E-state index contributed by atoms with van der Waals surface area (Å²) in [5.74, 6) is 0.736. The maximum Gasteiger partial charge on any atom is 0.274 e. The summed E-state index contributed by atoms with van der Waals surface area (Å²) in [5.41, 5.74) is 0.493. The van der Waals surface area contributed by atoms with Crippen molar-refractivity contribution in [1.82, 2.24) is 14.5 Å². The Morgan fingerprint density at radius 3 is 2.90 bits per heavy atom. The Morgan fingerprint density at radius 2 is 2.19 bits per heavy atom. The Morgan fingerprint density at radius 1 is 1.38 bits per heavy atom. The van der Waals surface area contributed by atoms with Crippen molar-refractivity contribution in [2.24, 2.45) is 0 Å². The van der Waals surface area contributed by atoms with E-state index in [1.807, 2.05) is 10.8 Å². The molecule has 7 nitrogen and oxygen atoms in total. The van der Waals surface area contributed by atoms with E-state index < -0.39 is 0 Å². The van der Waals surface area contributed by atoms with Crippen LogP contribution in [0.2, 0.25) is 0 Å². The molecule has 0 bridgehead atoms.